The molecular weight excluding hydrogens is 775 g/mol. The first kappa shape index (κ1) is 46.6. The summed E-state index contributed by atoms with van der Waals surface area (Å²) in [4.78, 5) is 31.2. The van der Waals surface area contributed by atoms with Gasteiger partial charge in [0.15, 0.2) is 5.60 Å². The van der Waals surface area contributed by atoms with Crippen LogP contribution in [0, 0.1) is 34.5 Å². The van der Waals surface area contributed by atoms with E-state index in [4.69, 9.17) is 28.4 Å². The number of hydrogen-bond donors (Lipinski definition) is 2. The molecule has 11 heteroatoms. The Balaban J connectivity index is 1.17. The van der Waals surface area contributed by atoms with Gasteiger partial charge in [0.05, 0.1) is 24.4 Å². The number of allylic oxidation sites excluding steroid dienone is 2. The zero-order valence-electron chi connectivity index (χ0n) is 38.1. The fourth-order valence-corrected chi connectivity index (χ4v) is 14.7. The molecule has 61 heavy (non-hydrogen) atoms. The first-order valence-electron chi connectivity index (χ1n) is 24.0. The highest BCUT2D eigenvalue weighted by atomic mass is 16.6. The van der Waals surface area contributed by atoms with Crippen molar-refractivity contribution in [1.82, 2.24) is 4.90 Å². The SMILES string of the molecule is CCCCCCCC/C=C\CCCCCCCC(=O)O[C@]12C(O)[C@H](OC)[C@]3(O)C[C@H]([C@@H]1[C@H]3OC(=O)c1ccccc1)[C@@]13[C@@H](OC)CC[C@@]4(COC)CN(CC)[C@@H]1[C@@H]2[C@H](OC)[C@H]43. The predicted octanol–water partition coefficient (Wildman–Crippen LogP) is 7.69. The molecule has 5 saturated carbocycles. The Labute approximate surface area is 365 Å². The summed E-state index contributed by atoms with van der Waals surface area (Å²) in [7, 11) is 6.72. The molecule has 2 N–H and O–H groups in total. The van der Waals surface area contributed by atoms with Crippen molar-refractivity contribution in [3.8, 4) is 0 Å². The predicted molar refractivity (Wildman–Crippen MR) is 233 cm³/mol. The molecule has 7 rings (SSSR count). The van der Waals surface area contributed by atoms with Crippen molar-refractivity contribution in [2.45, 2.75) is 171 Å². The largest absolute Gasteiger partial charge is 0.455 e. The van der Waals surface area contributed by atoms with Gasteiger partial charge in [-0.05, 0) is 76.0 Å². The van der Waals surface area contributed by atoms with Crippen LogP contribution in [0.1, 0.15) is 133 Å². The fraction of sp³-hybridized carbons (Fsp3) is 0.800. The van der Waals surface area contributed by atoms with Crippen LogP contribution in [0.5, 0.6) is 0 Å². The second-order valence-electron chi connectivity index (χ2n) is 19.6. The van der Waals surface area contributed by atoms with Gasteiger partial charge in [-0.2, -0.15) is 0 Å². The number of fused-ring (bicyclic) bond motifs is 2. The van der Waals surface area contributed by atoms with Crippen LogP contribution in [0.3, 0.4) is 0 Å². The first-order chi connectivity index (χ1) is 29.6. The molecular formula is C50H77NO10. The van der Waals surface area contributed by atoms with E-state index in [2.05, 4.69) is 30.9 Å². The third-order valence-electron chi connectivity index (χ3n) is 16.7. The normalized spacial score (nSPS) is 39.5. The minimum absolute atomic E-state index is 0.112. The lowest BCUT2D eigenvalue weighted by atomic mass is 9.43. The van der Waals surface area contributed by atoms with Crippen molar-refractivity contribution in [3.05, 3.63) is 48.0 Å². The van der Waals surface area contributed by atoms with Crippen molar-refractivity contribution in [3.63, 3.8) is 0 Å². The minimum Gasteiger partial charge on any atom is -0.455 e. The molecule has 0 amide bonds. The summed E-state index contributed by atoms with van der Waals surface area (Å²) in [6, 6.07) is 8.55. The van der Waals surface area contributed by atoms with E-state index in [0.717, 1.165) is 51.5 Å². The summed E-state index contributed by atoms with van der Waals surface area (Å²) in [5.41, 5.74) is -3.99. The molecule has 0 radical (unpaired) electrons. The standard InChI is InChI=1S/C50H77NO10/c1-7-9-10-11-12-13-14-15-16-17-18-19-20-21-25-28-37(52)61-50-38-35(31-48(55,45(59-6)43(50)53)44(38)60-46(54)34-26-23-22-24-27-34)49-36(57-4)29-30-47(33-56-3)32-51(8-2)42(49)39(50)40(58-5)41(47)49/h15-16,22-24,26-27,35-36,38-45,53,55H,7-14,17-21,25,28-33H2,1-6H3/b16-15-/t35-,36+,38-,39+,40+,41-,42-,43?,44-,45+,47+,48+,49+,50-/m1/s1. The summed E-state index contributed by atoms with van der Waals surface area (Å²) in [6.07, 6.45) is 17.2. The van der Waals surface area contributed by atoms with Crippen LogP contribution < -0.4 is 0 Å². The van der Waals surface area contributed by atoms with E-state index >= 15 is 0 Å². The van der Waals surface area contributed by atoms with Crippen LogP contribution in [0.4, 0.5) is 0 Å². The highest BCUT2D eigenvalue weighted by Crippen LogP contribution is 2.80. The van der Waals surface area contributed by atoms with E-state index < -0.39 is 70.7 Å². The summed E-state index contributed by atoms with van der Waals surface area (Å²) >= 11 is 0. The van der Waals surface area contributed by atoms with Gasteiger partial charge in [-0.15, -0.1) is 0 Å². The average molecular weight is 852 g/mol. The number of benzene rings is 1. The number of ether oxygens (including phenoxy) is 6. The number of carbonyl (C=O) groups is 2. The van der Waals surface area contributed by atoms with Crippen molar-refractivity contribution in [2.75, 3.05) is 48.1 Å². The molecule has 11 nitrogen and oxygen atoms in total. The van der Waals surface area contributed by atoms with Gasteiger partial charge >= 0.3 is 11.9 Å². The van der Waals surface area contributed by atoms with Gasteiger partial charge in [0.25, 0.3) is 0 Å². The highest BCUT2D eigenvalue weighted by molar-refractivity contribution is 5.89. The second-order valence-corrected chi connectivity index (χ2v) is 19.6. The van der Waals surface area contributed by atoms with Crippen molar-refractivity contribution in [2.24, 2.45) is 34.5 Å². The number of methoxy groups -OCH3 is 4. The molecule has 5 aliphatic carbocycles. The lowest BCUT2D eigenvalue weighted by molar-refractivity contribution is -0.318. The molecule has 1 saturated heterocycles. The van der Waals surface area contributed by atoms with Crippen LogP contribution in [0.15, 0.2) is 42.5 Å². The molecule has 1 aromatic rings. The summed E-state index contributed by atoms with van der Waals surface area (Å²) in [5, 5.41) is 26.1. The van der Waals surface area contributed by atoms with Crippen LogP contribution in [0.2, 0.25) is 0 Å². The average Bonchev–Trinajstić information content (AvgIpc) is 3.64. The monoisotopic (exact) mass is 852 g/mol. The fourth-order valence-electron chi connectivity index (χ4n) is 14.7. The quantitative estimate of drug-likeness (QED) is 0.0603. The molecule has 1 aromatic carbocycles. The Morgan fingerprint density at radius 3 is 2.13 bits per heavy atom. The van der Waals surface area contributed by atoms with Crippen molar-refractivity contribution < 1.29 is 48.2 Å². The van der Waals surface area contributed by atoms with Crippen LogP contribution >= 0.6 is 0 Å². The number of esters is 2. The van der Waals surface area contributed by atoms with E-state index in [-0.39, 0.29) is 36.3 Å². The van der Waals surface area contributed by atoms with E-state index in [0.29, 0.717) is 25.1 Å². The zero-order valence-corrected chi connectivity index (χ0v) is 38.1. The van der Waals surface area contributed by atoms with Gasteiger partial charge in [0.1, 0.15) is 23.9 Å². The number of aliphatic hydroxyl groups is 2. The maximum atomic E-state index is 14.6. The molecule has 1 heterocycles. The van der Waals surface area contributed by atoms with E-state index in [1.54, 1.807) is 45.6 Å². The Hall–Kier alpha value is -2.38. The number of piperidine rings is 1. The van der Waals surface area contributed by atoms with Gasteiger partial charge in [-0.1, -0.05) is 95.6 Å². The third-order valence-corrected chi connectivity index (χ3v) is 16.7. The molecule has 7 bridgehead atoms. The molecule has 1 aliphatic heterocycles. The smallest absolute Gasteiger partial charge is 0.338 e. The molecule has 1 unspecified atom stereocenters. The number of likely N-dealkylation sites (tertiary alicyclic amines) is 1. The number of nitrogens with zero attached hydrogens (tertiary/aromatic N) is 1. The Bertz CT molecular complexity index is 1640. The van der Waals surface area contributed by atoms with Gasteiger partial charge in [0.2, 0.25) is 0 Å². The lowest BCUT2D eigenvalue weighted by Gasteiger charge is -2.69. The van der Waals surface area contributed by atoms with Gasteiger partial charge < -0.3 is 38.6 Å². The number of hydrogen-bond acceptors (Lipinski definition) is 11. The van der Waals surface area contributed by atoms with Crippen LogP contribution in [-0.4, -0.2) is 123 Å². The topological polar surface area (TPSA) is 133 Å². The first-order valence-corrected chi connectivity index (χ1v) is 24.0. The van der Waals surface area contributed by atoms with Gasteiger partial charge in [-0.3, -0.25) is 9.69 Å². The Morgan fingerprint density at radius 1 is 0.836 bits per heavy atom. The van der Waals surface area contributed by atoms with Gasteiger partial charge in [0, 0.05) is 76.0 Å². The summed E-state index contributed by atoms with van der Waals surface area (Å²) in [6.45, 7) is 6.39. The Kier molecular flexibility index (Phi) is 15.1. The molecule has 6 fully saturated rings. The maximum Gasteiger partial charge on any atom is 0.338 e. The van der Waals surface area contributed by atoms with Crippen molar-refractivity contribution in [1.29, 1.82) is 0 Å². The zero-order chi connectivity index (χ0) is 43.4. The molecule has 0 aromatic heterocycles. The minimum atomic E-state index is -1.78. The second kappa shape index (κ2) is 19.8. The summed E-state index contributed by atoms with van der Waals surface area (Å²) < 4.78 is 39.0. The number of unbranched alkanes of at least 4 members (excludes halogenated alkanes) is 11. The molecule has 342 valence electrons. The maximum absolute atomic E-state index is 14.6. The van der Waals surface area contributed by atoms with E-state index in [9.17, 15) is 19.8 Å². The van der Waals surface area contributed by atoms with E-state index in [1.807, 2.05) is 6.07 Å². The lowest BCUT2D eigenvalue weighted by Crippen LogP contribution is -2.81. The van der Waals surface area contributed by atoms with E-state index in [1.165, 1.54) is 52.1 Å². The number of carbonyl (C=O) groups excluding carboxylic acids is 2. The number of aliphatic hydroxyl groups excluding tert-OH is 1. The molecule has 6 aliphatic rings. The highest BCUT2D eigenvalue weighted by Gasteiger charge is 2.91. The van der Waals surface area contributed by atoms with Crippen LogP contribution in [-0.2, 0) is 33.2 Å². The van der Waals surface area contributed by atoms with Crippen LogP contribution in [0.25, 0.3) is 0 Å². The third kappa shape index (κ3) is 7.75. The van der Waals surface area contributed by atoms with Crippen molar-refractivity contribution >= 4 is 11.9 Å². The molecule has 14 atom stereocenters. The number of rotatable bonds is 24. The molecule has 1 spiro atoms. The Morgan fingerprint density at radius 2 is 1.51 bits per heavy atom. The van der Waals surface area contributed by atoms with Gasteiger partial charge in [-0.25, -0.2) is 4.79 Å². The summed E-state index contributed by atoms with van der Waals surface area (Å²) in [5.74, 6) is -2.80.